The highest BCUT2D eigenvalue weighted by Crippen LogP contribution is 2.35. The summed E-state index contributed by atoms with van der Waals surface area (Å²) in [6.45, 7) is 3.51. The number of anilines is 1. The molecule has 3 aromatic carbocycles. The fourth-order valence-corrected chi connectivity index (χ4v) is 5.65. The molecule has 9 heteroatoms. The van der Waals surface area contributed by atoms with E-state index in [2.05, 4.69) is 37.9 Å². The highest BCUT2D eigenvalue weighted by molar-refractivity contribution is 9.10. The van der Waals surface area contributed by atoms with E-state index in [-0.39, 0.29) is 21.7 Å². The van der Waals surface area contributed by atoms with Crippen molar-refractivity contribution in [2.45, 2.75) is 16.5 Å². The summed E-state index contributed by atoms with van der Waals surface area (Å²) in [4.78, 5) is 8.78. The van der Waals surface area contributed by atoms with E-state index in [9.17, 15) is 12.8 Å². The summed E-state index contributed by atoms with van der Waals surface area (Å²) in [5, 5.41) is -0.129. The zero-order chi connectivity index (χ0) is 24.4. The smallest absolute Gasteiger partial charge is 0.236 e. The number of benzene rings is 3. The highest BCUT2D eigenvalue weighted by atomic mass is 79.9. The lowest BCUT2D eigenvalue weighted by atomic mass is 10.2. The minimum absolute atomic E-state index is 0.128. The van der Waals surface area contributed by atoms with Gasteiger partial charge in [-0.1, -0.05) is 46.3 Å². The van der Waals surface area contributed by atoms with Crippen LogP contribution in [0.3, 0.4) is 0 Å². The predicted molar refractivity (Wildman–Crippen MR) is 135 cm³/mol. The fourth-order valence-electron chi connectivity index (χ4n) is 4.06. The minimum Gasteiger partial charge on any atom is -0.419 e. The van der Waals surface area contributed by atoms with Gasteiger partial charge < -0.3 is 9.32 Å². The van der Waals surface area contributed by atoms with E-state index < -0.39 is 15.7 Å². The maximum absolute atomic E-state index is 13.6. The lowest BCUT2D eigenvalue weighted by Crippen LogP contribution is -2.46. The number of oxazole rings is 1. The average molecular weight is 556 g/mol. The second-order valence-electron chi connectivity index (χ2n) is 8.34. The van der Waals surface area contributed by atoms with E-state index in [0.29, 0.717) is 18.7 Å². The van der Waals surface area contributed by atoms with Crippen LogP contribution in [0.1, 0.15) is 5.56 Å². The van der Waals surface area contributed by atoms with Crippen LogP contribution in [0.2, 0.25) is 0 Å². The molecule has 2 heterocycles. The van der Waals surface area contributed by atoms with Crippen LogP contribution in [-0.2, 0) is 16.4 Å². The van der Waals surface area contributed by atoms with Crippen molar-refractivity contribution in [3.8, 4) is 11.5 Å². The molecule has 4 aromatic rings. The quantitative estimate of drug-likeness (QED) is 0.317. The van der Waals surface area contributed by atoms with E-state index in [1.165, 1.54) is 42.0 Å². The molecule has 0 unspecified atom stereocenters. The molecule has 180 valence electrons. The molecule has 0 N–H and O–H groups in total. The molecule has 1 fully saturated rings. The molecule has 1 aliphatic rings. The number of aromatic nitrogens is 1. The van der Waals surface area contributed by atoms with Gasteiger partial charge in [0.1, 0.15) is 5.82 Å². The van der Waals surface area contributed by atoms with Gasteiger partial charge in [-0.15, -0.1) is 0 Å². The third kappa shape index (κ3) is 5.17. The van der Waals surface area contributed by atoms with Gasteiger partial charge in [0, 0.05) is 42.8 Å². The summed E-state index contributed by atoms with van der Waals surface area (Å²) in [7, 11) is -3.95. The van der Waals surface area contributed by atoms with Crippen LogP contribution in [0.25, 0.3) is 11.5 Å². The van der Waals surface area contributed by atoms with Crippen molar-refractivity contribution in [3.05, 3.63) is 94.7 Å². The second kappa shape index (κ2) is 9.93. The van der Waals surface area contributed by atoms with Gasteiger partial charge in [-0.25, -0.2) is 12.8 Å². The topological polar surface area (TPSA) is 66.7 Å². The van der Waals surface area contributed by atoms with Crippen LogP contribution in [0.15, 0.2) is 97.7 Å². The molecule has 1 saturated heterocycles. The number of hydrogen-bond donors (Lipinski definition) is 0. The number of hydrogen-bond acceptors (Lipinski definition) is 6. The summed E-state index contributed by atoms with van der Waals surface area (Å²) in [5.74, 6) is -0.0354. The van der Waals surface area contributed by atoms with Gasteiger partial charge in [0.25, 0.3) is 0 Å². The predicted octanol–water partition coefficient (Wildman–Crippen LogP) is 5.40. The van der Waals surface area contributed by atoms with E-state index in [1.807, 2.05) is 23.1 Å². The normalized spacial score (nSPS) is 14.9. The van der Waals surface area contributed by atoms with Gasteiger partial charge in [0.05, 0.1) is 4.90 Å². The minimum atomic E-state index is -3.95. The molecule has 0 radical (unpaired) electrons. The van der Waals surface area contributed by atoms with E-state index in [4.69, 9.17) is 4.42 Å². The third-order valence-electron chi connectivity index (χ3n) is 5.96. The summed E-state index contributed by atoms with van der Waals surface area (Å²) in [6.07, 6.45) is 0. The molecule has 0 aliphatic carbocycles. The highest BCUT2D eigenvalue weighted by Gasteiger charge is 2.33. The first-order valence-corrected chi connectivity index (χ1v) is 13.5. The Hall–Kier alpha value is -3.01. The van der Waals surface area contributed by atoms with Crippen LogP contribution >= 0.6 is 15.9 Å². The first-order chi connectivity index (χ1) is 16.9. The van der Waals surface area contributed by atoms with Crippen molar-refractivity contribution in [2.75, 3.05) is 31.1 Å². The summed E-state index contributed by atoms with van der Waals surface area (Å²) >= 11 is 3.34. The van der Waals surface area contributed by atoms with E-state index in [0.717, 1.165) is 24.1 Å². The molecule has 5 rings (SSSR count). The van der Waals surface area contributed by atoms with Gasteiger partial charge in [-0.05, 0) is 54.1 Å². The van der Waals surface area contributed by atoms with Gasteiger partial charge in [-0.3, -0.25) is 4.90 Å². The number of rotatable bonds is 6. The lowest BCUT2D eigenvalue weighted by molar-refractivity contribution is 0.245. The first kappa shape index (κ1) is 23.7. The summed E-state index contributed by atoms with van der Waals surface area (Å²) < 4.78 is 47.4. The second-order valence-corrected chi connectivity index (χ2v) is 11.1. The number of nitrogens with zero attached hydrogens (tertiary/aromatic N) is 3. The lowest BCUT2D eigenvalue weighted by Gasteiger charge is -2.34. The zero-order valence-corrected chi connectivity index (χ0v) is 21.2. The molecule has 35 heavy (non-hydrogen) atoms. The van der Waals surface area contributed by atoms with Gasteiger partial charge in [0.15, 0.2) is 0 Å². The van der Waals surface area contributed by atoms with Crippen LogP contribution < -0.4 is 4.90 Å². The summed E-state index contributed by atoms with van der Waals surface area (Å²) in [5.41, 5.74) is 1.74. The molecular weight excluding hydrogens is 533 g/mol. The van der Waals surface area contributed by atoms with Crippen molar-refractivity contribution in [1.82, 2.24) is 9.88 Å². The molecule has 0 saturated carbocycles. The fraction of sp³-hybridized carbons (Fsp3) is 0.192. The number of halogens is 2. The van der Waals surface area contributed by atoms with Crippen LogP contribution in [-0.4, -0.2) is 44.5 Å². The van der Waals surface area contributed by atoms with Crippen molar-refractivity contribution in [1.29, 1.82) is 0 Å². The largest absolute Gasteiger partial charge is 0.419 e. The zero-order valence-electron chi connectivity index (χ0n) is 18.8. The number of sulfone groups is 1. The Morgan fingerprint density at radius 2 is 1.54 bits per heavy atom. The molecule has 0 atom stereocenters. The molecule has 1 aromatic heterocycles. The molecule has 6 nitrogen and oxygen atoms in total. The van der Waals surface area contributed by atoms with Gasteiger partial charge in [-0.2, -0.15) is 4.98 Å². The Morgan fingerprint density at radius 3 is 2.20 bits per heavy atom. The average Bonchev–Trinajstić information content (AvgIpc) is 3.32. The Balaban J connectivity index is 1.46. The maximum atomic E-state index is 13.6. The molecule has 0 amide bonds. The Kier molecular flexibility index (Phi) is 6.73. The number of piperazine rings is 1. The van der Waals surface area contributed by atoms with E-state index in [1.54, 1.807) is 12.1 Å². The van der Waals surface area contributed by atoms with Gasteiger partial charge >= 0.3 is 0 Å². The van der Waals surface area contributed by atoms with Crippen LogP contribution in [0.5, 0.6) is 0 Å². The van der Waals surface area contributed by atoms with Crippen LogP contribution in [0, 0.1) is 5.82 Å². The van der Waals surface area contributed by atoms with E-state index >= 15 is 0 Å². The Bertz CT molecular complexity index is 1400. The van der Waals surface area contributed by atoms with Crippen molar-refractivity contribution in [2.24, 2.45) is 0 Å². The third-order valence-corrected chi connectivity index (χ3v) is 8.15. The Labute approximate surface area is 212 Å². The molecule has 1 aliphatic heterocycles. The van der Waals surface area contributed by atoms with Crippen molar-refractivity contribution >= 4 is 31.7 Å². The SMILES string of the molecule is O=S(=O)(c1ccc(Br)cc1)c1nc(-c2ccc(F)cc2)oc1N1CCN(Cc2ccccc2)CC1. The van der Waals surface area contributed by atoms with Crippen molar-refractivity contribution in [3.63, 3.8) is 0 Å². The molecular formula is C26H23BrFN3O3S. The van der Waals surface area contributed by atoms with Crippen LogP contribution in [0.4, 0.5) is 10.3 Å². The molecule has 0 bridgehead atoms. The monoisotopic (exact) mass is 555 g/mol. The standard InChI is InChI=1S/C26H23BrFN3O3S/c27-21-8-12-23(13-9-21)35(32,33)25-26(34-24(29-25)20-6-10-22(28)11-7-20)31-16-14-30(15-17-31)18-19-4-2-1-3-5-19/h1-13H,14-18H2. The Morgan fingerprint density at radius 1 is 0.886 bits per heavy atom. The first-order valence-electron chi connectivity index (χ1n) is 11.2. The maximum Gasteiger partial charge on any atom is 0.236 e. The van der Waals surface area contributed by atoms with Crippen molar-refractivity contribution < 1.29 is 17.2 Å². The molecule has 0 spiro atoms. The van der Waals surface area contributed by atoms with Gasteiger partial charge in [0.2, 0.25) is 26.6 Å². The summed E-state index contributed by atoms with van der Waals surface area (Å²) in [6, 6.07) is 22.3.